The summed E-state index contributed by atoms with van der Waals surface area (Å²) in [6, 6.07) is 9.50. The van der Waals surface area contributed by atoms with E-state index in [4.69, 9.17) is 21.1 Å². The summed E-state index contributed by atoms with van der Waals surface area (Å²) in [6.45, 7) is 3.62. The first kappa shape index (κ1) is 35.6. The molecule has 2 heterocycles. The largest absolute Gasteiger partial charge is 0.491 e. The zero-order chi connectivity index (χ0) is 34.7. The topological polar surface area (TPSA) is 109 Å². The number of benzene rings is 2. The molecule has 2 unspecified atom stereocenters. The van der Waals surface area contributed by atoms with E-state index in [0.29, 0.717) is 42.8 Å². The second-order valence-electron chi connectivity index (χ2n) is 13.9. The monoisotopic (exact) mass is 718 g/mol. The molecular weight excluding hydrogens is 674 g/mol. The predicted octanol–water partition coefficient (Wildman–Crippen LogP) is 7.17. The Bertz CT molecular complexity index is 1700. The number of aryl methyl sites for hydroxylation is 1. The number of urea groups is 1. The maximum Gasteiger partial charge on any atom is 0.327 e. The fourth-order valence-corrected chi connectivity index (χ4v) is 9.20. The normalized spacial score (nSPS) is 31.1. The Morgan fingerprint density at radius 3 is 2.73 bits per heavy atom. The molecule has 2 aromatic rings. The van der Waals surface area contributed by atoms with E-state index < -0.39 is 40.2 Å². The van der Waals surface area contributed by atoms with Crippen molar-refractivity contribution in [2.24, 2.45) is 28.0 Å². The lowest BCUT2D eigenvalue weighted by molar-refractivity contribution is 0.0133. The molecule has 6 rings (SSSR count). The summed E-state index contributed by atoms with van der Waals surface area (Å²) < 4.78 is 59.3. The quantitative estimate of drug-likeness (QED) is 0.325. The number of rotatable bonds is 4. The van der Waals surface area contributed by atoms with Gasteiger partial charge in [-0.25, -0.2) is 17.8 Å². The molecule has 9 nitrogen and oxygen atoms in total. The Balaban J connectivity index is 1.40. The number of methoxy groups -OCH3 is 1. The van der Waals surface area contributed by atoms with Gasteiger partial charge in [-0.2, -0.15) is 0 Å². The van der Waals surface area contributed by atoms with Gasteiger partial charge in [0.15, 0.2) is 0 Å². The van der Waals surface area contributed by atoms with Gasteiger partial charge in [-0.3, -0.25) is 9.52 Å². The summed E-state index contributed by atoms with van der Waals surface area (Å²) >= 11 is 6.43. The van der Waals surface area contributed by atoms with Crippen LogP contribution >= 0.6 is 11.6 Å². The smallest absolute Gasteiger partial charge is 0.327 e. The van der Waals surface area contributed by atoms with E-state index in [1.807, 2.05) is 25.1 Å². The highest BCUT2D eigenvalue weighted by atomic mass is 35.5. The molecule has 2 bridgehead atoms. The summed E-state index contributed by atoms with van der Waals surface area (Å²) in [5, 5.41) is 3.16. The van der Waals surface area contributed by atoms with E-state index in [2.05, 4.69) is 31.4 Å². The lowest BCUT2D eigenvalue weighted by Crippen LogP contribution is -2.43. The number of nitrogens with zero attached hydrogens (tertiary/aromatic N) is 2. The van der Waals surface area contributed by atoms with E-state index >= 15 is 0 Å². The fraction of sp³-hybridized carbons (Fsp3) is 0.556. The van der Waals surface area contributed by atoms with Gasteiger partial charge in [0.05, 0.1) is 24.2 Å². The number of nitrogens with one attached hydrogen (secondary N) is 2. The van der Waals surface area contributed by atoms with Crippen LogP contribution < -0.4 is 19.7 Å². The van der Waals surface area contributed by atoms with Crippen molar-refractivity contribution >= 4 is 39.1 Å². The number of alkyl halides is 2. The third kappa shape index (κ3) is 8.75. The average molecular weight is 719 g/mol. The molecule has 4 aliphatic rings. The Morgan fingerprint density at radius 1 is 1.16 bits per heavy atom. The standard InChI is InChI=1S/C36H45ClF2N4O5S/c1-22-6-5-8-32(47-2)28-13-10-26(28)20-43-19-25-9-12-27(37)16-23(25)7-3-4-15-48-33-14-11-24(17-31(33)43)35(44)41-49(46,21-22)42-36(45)40-30-18-29(30)34(38)39/h5,8-9,11-12,14,16-17,22,26,28-30,32,34H,3-4,6-7,10,13,15,18-21H2,1-2H3,(H2,40,41,42,44,45,46)/b8-5+/t22-,26-,28+,29?,30-,32-,49?/m0/s1. The maximum atomic E-state index is 14.3. The van der Waals surface area contributed by atoms with Gasteiger partial charge in [0, 0.05) is 42.7 Å². The van der Waals surface area contributed by atoms with Gasteiger partial charge in [0.25, 0.3) is 5.91 Å². The molecule has 13 heteroatoms. The highest BCUT2D eigenvalue weighted by Crippen LogP contribution is 2.42. The molecule has 0 spiro atoms. The first-order chi connectivity index (χ1) is 23.5. The van der Waals surface area contributed by atoms with Gasteiger partial charge in [0.1, 0.15) is 15.7 Å². The summed E-state index contributed by atoms with van der Waals surface area (Å²) in [5.74, 6) is -0.782. The van der Waals surface area contributed by atoms with E-state index in [1.165, 1.54) is 5.56 Å². The van der Waals surface area contributed by atoms with Crippen LogP contribution in [0.2, 0.25) is 5.02 Å². The second kappa shape index (κ2) is 15.3. The molecule has 0 saturated heterocycles. The summed E-state index contributed by atoms with van der Waals surface area (Å²) in [7, 11) is -1.94. The maximum absolute atomic E-state index is 14.3. The molecule has 0 aromatic heterocycles. The number of amides is 3. The van der Waals surface area contributed by atoms with Crippen LogP contribution in [-0.4, -0.2) is 60.7 Å². The van der Waals surface area contributed by atoms with E-state index in [9.17, 15) is 22.6 Å². The Kier molecular flexibility index (Phi) is 11.2. The van der Waals surface area contributed by atoms with Crippen LogP contribution in [0.3, 0.4) is 0 Å². The minimum absolute atomic E-state index is 0.108. The highest BCUT2D eigenvalue weighted by Gasteiger charge is 2.45. The van der Waals surface area contributed by atoms with Crippen molar-refractivity contribution in [3.05, 3.63) is 70.3 Å². The molecule has 2 fully saturated rings. The molecule has 0 radical (unpaired) electrons. The van der Waals surface area contributed by atoms with Gasteiger partial charge >= 0.3 is 6.03 Å². The molecule has 2 aliphatic carbocycles. The Hall–Kier alpha value is -3.22. The van der Waals surface area contributed by atoms with Crippen LogP contribution in [0, 0.1) is 23.7 Å². The molecule has 49 heavy (non-hydrogen) atoms. The van der Waals surface area contributed by atoms with Crippen molar-refractivity contribution in [2.75, 3.05) is 30.9 Å². The summed E-state index contributed by atoms with van der Waals surface area (Å²) in [5.41, 5.74) is 3.25. The molecule has 3 amide bonds. The van der Waals surface area contributed by atoms with Crippen molar-refractivity contribution < 1.29 is 32.1 Å². The highest BCUT2D eigenvalue weighted by molar-refractivity contribution is 7.92. The summed E-state index contributed by atoms with van der Waals surface area (Å²) in [6.07, 6.45) is 6.72. The SMILES string of the molecule is CO[C@H]1/C=C/C[C@H](C)CS(=O)(NC(=O)N[C@H]2CC2C(F)F)=NC(=O)c2ccc3c(c2)N(Cc2ccc(Cl)cc2CCCCO3)C[C@@H]2CC[C@H]21. The number of fused-ring (bicyclic) bond motifs is 3. The molecule has 266 valence electrons. The van der Waals surface area contributed by atoms with Crippen LogP contribution in [0.4, 0.5) is 19.3 Å². The number of halogens is 3. The molecular formula is C36H45ClF2N4O5S. The van der Waals surface area contributed by atoms with Crippen LogP contribution in [0.25, 0.3) is 0 Å². The van der Waals surface area contributed by atoms with Gasteiger partial charge in [-0.15, -0.1) is 4.36 Å². The first-order valence-corrected chi connectivity index (χ1v) is 19.2. The van der Waals surface area contributed by atoms with E-state index in [1.54, 1.807) is 25.3 Å². The number of hydrogen-bond acceptors (Lipinski definition) is 6. The average Bonchev–Trinajstić information content (AvgIpc) is 3.81. The lowest BCUT2D eigenvalue weighted by Gasteiger charge is -2.43. The van der Waals surface area contributed by atoms with E-state index in [0.717, 1.165) is 43.4 Å². The van der Waals surface area contributed by atoms with Crippen molar-refractivity contribution in [1.29, 1.82) is 0 Å². The van der Waals surface area contributed by atoms with Crippen molar-refractivity contribution in [2.45, 2.75) is 77.0 Å². The predicted molar refractivity (Wildman–Crippen MR) is 187 cm³/mol. The second-order valence-corrected chi connectivity index (χ2v) is 16.3. The number of carbonyl (C=O) groups is 2. The van der Waals surface area contributed by atoms with Crippen molar-refractivity contribution in [1.82, 2.24) is 10.0 Å². The molecule has 2 aromatic carbocycles. The first-order valence-electron chi connectivity index (χ1n) is 17.2. The molecule has 7 atom stereocenters. The molecule has 2 aliphatic heterocycles. The number of carbonyl (C=O) groups excluding carboxylic acids is 2. The van der Waals surface area contributed by atoms with E-state index in [-0.39, 0.29) is 35.7 Å². The zero-order valence-electron chi connectivity index (χ0n) is 27.9. The van der Waals surface area contributed by atoms with Crippen molar-refractivity contribution in [3.8, 4) is 5.75 Å². The minimum Gasteiger partial charge on any atom is -0.491 e. The van der Waals surface area contributed by atoms with Crippen LogP contribution in [0.5, 0.6) is 5.75 Å². The lowest BCUT2D eigenvalue weighted by atomic mass is 9.70. The van der Waals surface area contributed by atoms with Crippen LogP contribution in [0.15, 0.2) is 52.9 Å². The van der Waals surface area contributed by atoms with Crippen LogP contribution in [-0.2, 0) is 27.6 Å². The minimum atomic E-state index is -3.65. The fourth-order valence-electron chi connectivity index (χ4n) is 7.18. The third-order valence-electron chi connectivity index (χ3n) is 10.1. The number of allylic oxidation sites excluding steroid dienone is 1. The molecule has 2 N–H and O–H groups in total. The van der Waals surface area contributed by atoms with Gasteiger partial charge < -0.3 is 19.7 Å². The van der Waals surface area contributed by atoms with Gasteiger partial charge in [-0.05, 0) is 104 Å². The number of hydrogen-bond donors (Lipinski definition) is 2. The van der Waals surface area contributed by atoms with Crippen molar-refractivity contribution in [3.63, 3.8) is 0 Å². The zero-order valence-corrected chi connectivity index (χ0v) is 29.5. The number of ether oxygens (including phenoxy) is 2. The molecule has 2 saturated carbocycles. The van der Waals surface area contributed by atoms with Gasteiger partial charge in [-0.1, -0.05) is 36.7 Å². The number of anilines is 1. The summed E-state index contributed by atoms with van der Waals surface area (Å²) in [4.78, 5) is 29.0. The van der Waals surface area contributed by atoms with Crippen LogP contribution in [0.1, 0.15) is 66.9 Å². The Morgan fingerprint density at radius 2 is 2.00 bits per heavy atom. The Labute approximate surface area is 292 Å². The van der Waals surface area contributed by atoms with Gasteiger partial charge in [0.2, 0.25) is 6.43 Å². The third-order valence-corrected chi connectivity index (χ3v) is 12.4.